The van der Waals surface area contributed by atoms with Crippen molar-refractivity contribution >= 4 is 41.5 Å². The summed E-state index contributed by atoms with van der Waals surface area (Å²) in [6, 6.07) is 4.13. The zero-order chi connectivity index (χ0) is 23.1. The number of nitrogens with one attached hydrogen (secondary N) is 3. The number of pyridine rings is 1. The third-order valence-corrected chi connectivity index (χ3v) is 6.25. The van der Waals surface area contributed by atoms with E-state index in [1.165, 1.54) is 0 Å². The van der Waals surface area contributed by atoms with Crippen molar-refractivity contribution in [1.82, 2.24) is 30.0 Å². The molecule has 182 valence electrons. The first-order valence-electron chi connectivity index (χ1n) is 11.4. The standard InChI is InChI=1S/C23H30FN9.ClH/c1-13-12-33(8-7-25-13)18-11-26-23(30-22(18)28-20-9-14(2)32(4)31-20)29-19-10-17(16-5-6-16)21(24)15(3)27-19;/h9-11,13,16,25H,5-8,12H2,1-4H3,(H2,26,27,28,29,30,31);1H. The Morgan fingerprint density at radius 3 is 2.59 bits per heavy atom. The minimum Gasteiger partial charge on any atom is -0.364 e. The normalized spacial score (nSPS) is 17.9. The summed E-state index contributed by atoms with van der Waals surface area (Å²) in [7, 11) is 1.91. The van der Waals surface area contributed by atoms with Crippen LogP contribution >= 0.6 is 12.4 Å². The fourth-order valence-electron chi connectivity index (χ4n) is 4.20. The van der Waals surface area contributed by atoms with Crippen molar-refractivity contribution in [2.45, 2.75) is 45.6 Å². The van der Waals surface area contributed by atoms with Gasteiger partial charge in [0.1, 0.15) is 11.6 Å². The zero-order valence-corrected chi connectivity index (χ0v) is 20.7. The minimum absolute atomic E-state index is 0. The monoisotopic (exact) mass is 487 g/mol. The number of anilines is 5. The maximum Gasteiger partial charge on any atom is 0.230 e. The van der Waals surface area contributed by atoms with Crippen LogP contribution in [0.1, 0.15) is 42.6 Å². The van der Waals surface area contributed by atoms with Gasteiger partial charge in [0.15, 0.2) is 11.6 Å². The molecular weight excluding hydrogens is 457 g/mol. The molecule has 0 bridgehead atoms. The summed E-state index contributed by atoms with van der Waals surface area (Å²) in [6.45, 7) is 8.47. The van der Waals surface area contributed by atoms with E-state index in [0.29, 0.717) is 29.3 Å². The fourth-order valence-corrected chi connectivity index (χ4v) is 4.20. The van der Waals surface area contributed by atoms with Gasteiger partial charge in [0.05, 0.1) is 17.6 Å². The van der Waals surface area contributed by atoms with E-state index >= 15 is 0 Å². The second-order valence-electron chi connectivity index (χ2n) is 9.04. The zero-order valence-electron chi connectivity index (χ0n) is 19.9. The van der Waals surface area contributed by atoms with Crippen LogP contribution in [0, 0.1) is 19.7 Å². The van der Waals surface area contributed by atoms with Crippen LogP contribution in [0.5, 0.6) is 0 Å². The number of halogens is 2. The van der Waals surface area contributed by atoms with Crippen molar-refractivity contribution < 1.29 is 4.39 Å². The Labute approximate surface area is 205 Å². The van der Waals surface area contributed by atoms with E-state index in [4.69, 9.17) is 4.98 Å². The lowest BCUT2D eigenvalue weighted by Gasteiger charge is -2.34. The highest BCUT2D eigenvalue weighted by Gasteiger charge is 2.28. The van der Waals surface area contributed by atoms with Gasteiger partial charge in [0.2, 0.25) is 5.95 Å². The van der Waals surface area contributed by atoms with Gasteiger partial charge in [-0.25, -0.2) is 14.4 Å². The van der Waals surface area contributed by atoms with Gasteiger partial charge in [-0.15, -0.1) is 12.4 Å². The highest BCUT2D eigenvalue weighted by molar-refractivity contribution is 5.85. The van der Waals surface area contributed by atoms with Crippen LogP contribution in [0.2, 0.25) is 0 Å². The molecule has 1 aliphatic heterocycles. The van der Waals surface area contributed by atoms with Gasteiger partial charge < -0.3 is 20.9 Å². The molecule has 34 heavy (non-hydrogen) atoms. The molecule has 1 saturated heterocycles. The van der Waals surface area contributed by atoms with E-state index in [1.54, 1.807) is 13.0 Å². The van der Waals surface area contributed by atoms with Gasteiger partial charge in [-0.1, -0.05) is 0 Å². The van der Waals surface area contributed by atoms with Gasteiger partial charge in [-0.05, 0) is 51.2 Å². The third-order valence-electron chi connectivity index (χ3n) is 6.25. The molecule has 9 nitrogen and oxygen atoms in total. The number of rotatable bonds is 6. The molecule has 1 aliphatic carbocycles. The van der Waals surface area contributed by atoms with Crippen molar-refractivity contribution in [3.8, 4) is 0 Å². The van der Waals surface area contributed by atoms with Gasteiger partial charge in [0.25, 0.3) is 0 Å². The molecule has 2 fully saturated rings. The van der Waals surface area contributed by atoms with E-state index in [1.807, 2.05) is 30.9 Å². The lowest BCUT2D eigenvalue weighted by Crippen LogP contribution is -2.49. The van der Waals surface area contributed by atoms with E-state index in [-0.39, 0.29) is 24.1 Å². The third kappa shape index (κ3) is 5.07. The molecule has 3 aromatic heterocycles. The maximum atomic E-state index is 14.5. The molecule has 5 rings (SSSR count). The second kappa shape index (κ2) is 9.71. The molecule has 1 saturated carbocycles. The lowest BCUT2D eigenvalue weighted by molar-refractivity contribution is 0.484. The number of aryl methyl sites for hydroxylation is 3. The van der Waals surface area contributed by atoms with Crippen LogP contribution in [0.15, 0.2) is 18.3 Å². The minimum atomic E-state index is -0.208. The molecule has 3 N–H and O–H groups in total. The molecule has 1 atom stereocenters. The molecule has 0 spiro atoms. The first kappa shape index (κ1) is 24.2. The Balaban J connectivity index is 0.00000274. The Morgan fingerprint density at radius 2 is 1.91 bits per heavy atom. The van der Waals surface area contributed by atoms with Crippen molar-refractivity contribution in [1.29, 1.82) is 0 Å². The Bertz CT molecular complexity index is 1160. The summed E-state index contributed by atoms with van der Waals surface area (Å²) in [5.74, 6) is 2.42. The van der Waals surface area contributed by atoms with E-state index in [2.05, 4.69) is 42.8 Å². The lowest BCUT2D eigenvalue weighted by atomic mass is 10.1. The average Bonchev–Trinajstić information content (AvgIpc) is 3.56. The average molecular weight is 488 g/mol. The summed E-state index contributed by atoms with van der Waals surface area (Å²) in [4.78, 5) is 16.0. The molecule has 0 radical (unpaired) electrons. The number of piperazine rings is 1. The van der Waals surface area contributed by atoms with Crippen molar-refractivity contribution in [2.24, 2.45) is 7.05 Å². The van der Waals surface area contributed by atoms with Crippen LogP contribution in [-0.2, 0) is 7.05 Å². The molecule has 2 aliphatic rings. The number of aromatic nitrogens is 5. The molecular formula is C23H31ClFN9. The summed E-state index contributed by atoms with van der Waals surface area (Å²) in [6.07, 6.45) is 3.86. The van der Waals surface area contributed by atoms with Crippen molar-refractivity contribution in [3.05, 3.63) is 41.1 Å². The fraction of sp³-hybridized carbons (Fsp3) is 0.478. The van der Waals surface area contributed by atoms with Gasteiger partial charge in [-0.3, -0.25) is 4.68 Å². The Hall–Kier alpha value is -2.98. The quantitative estimate of drug-likeness (QED) is 0.481. The summed E-state index contributed by atoms with van der Waals surface area (Å²) >= 11 is 0. The van der Waals surface area contributed by atoms with E-state index < -0.39 is 0 Å². The highest BCUT2D eigenvalue weighted by atomic mass is 35.5. The molecule has 11 heteroatoms. The number of hydrogen-bond acceptors (Lipinski definition) is 8. The highest BCUT2D eigenvalue weighted by Crippen LogP contribution is 2.42. The molecule has 1 unspecified atom stereocenters. The number of nitrogens with zero attached hydrogens (tertiary/aromatic N) is 6. The van der Waals surface area contributed by atoms with Gasteiger partial charge in [-0.2, -0.15) is 10.1 Å². The van der Waals surface area contributed by atoms with Crippen LogP contribution in [-0.4, -0.2) is 50.4 Å². The Kier molecular flexibility index (Phi) is 6.90. The van der Waals surface area contributed by atoms with Crippen LogP contribution in [0.25, 0.3) is 0 Å². The summed E-state index contributed by atoms with van der Waals surface area (Å²) in [5.41, 5.74) is 3.06. The molecule has 0 amide bonds. The predicted molar refractivity (Wildman–Crippen MR) is 134 cm³/mol. The van der Waals surface area contributed by atoms with Crippen LogP contribution in [0.4, 0.5) is 33.5 Å². The van der Waals surface area contributed by atoms with Crippen molar-refractivity contribution in [2.75, 3.05) is 35.2 Å². The van der Waals surface area contributed by atoms with E-state index in [9.17, 15) is 4.39 Å². The van der Waals surface area contributed by atoms with Gasteiger partial charge >= 0.3 is 0 Å². The van der Waals surface area contributed by atoms with Crippen molar-refractivity contribution in [3.63, 3.8) is 0 Å². The largest absolute Gasteiger partial charge is 0.364 e. The molecule has 4 heterocycles. The summed E-state index contributed by atoms with van der Waals surface area (Å²) < 4.78 is 16.3. The van der Waals surface area contributed by atoms with Gasteiger partial charge in [0, 0.05) is 44.5 Å². The van der Waals surface area contributed by atoms with E-state index in [0.717, 1.165) is 55.2 Å². The molecule has 0 aromatic carbocycles. The maximum absolute atomic E-state index is 14.5. The first-order chi connectivity index (χ1) is 15.9. The SMILES string of the molecule is Cc1nc(Nc2ncc(N3CCNC(C)C3)c(Nc3cc(C)n(C)n3)n2)cc(C2CC2)c1F.Cl. The molecule has 3 aromatic rings. The van der Waals surface area contributed by atoms with Crippen LogP contribution < -0.4 is 20.9 Å². The second-order valence-corrected chi connectivity index (χ2v) is 9.04. The Morgan fingerprint density at radius 1 is 1.12 bits per heavy atom. The topological polar surface area (TPSA) is 95.8 Å². The first-order valence-corrected chi connectivity index (χ1v) is 11.4. The smallest absolute Gasteiger partial charge is 0.230 e. The predicted octanol–water partition coefficient (Wildman–Crippen LogP) is 3.95. The van der Waals surface area contributed by atoms with Crippen LogP contribution in [0.3, 0.4) is 0 Å². The summed E-state index contributed by atoms with van der Waals surface area (Å²) in [5, 5.41) is 14.5. The number of hydrogen-bond donors (Lipinski definition) is 3.